The molecule has 0 aliphatic heterocycles. The molecule has 6 heteroatoms. The van der Waals surface area contributed by atoms with E-state index >= 15 is 0 Å². The molecule has 142 valence electrons. The summed E-state index contributed by atoms with van der Waals surface area (Å²) in [6, 6.07) is 17.2. The van der Waals surface area contributed by atoms with Crippen LogP contribution in [0.3, 0.4) is 0 Å². The summed E-state index contributed by atoms with van der Waals surface area (Å²) in [5, 5.41) is 0. The SMILES string of the molecule is Cc1ccc2nc(-c3cccc(Br)c3)c(Cc3ccccc3C(F)(F)F)n2c1. The molecule has 28 heavy (non-hydrogen) atoms. The topological polar surface area (TPSA) is 17.3 Å². The molecule has 2 aromatic heterocycles. The number of pyridine rings is 1. The van der Waals surface area contributed by atoms with E-state index < -0.39 is 11.7 Å². The number of fused-ring (bicyclic) bond motifs is 1. The van der Waals surface area contributed by atoms with Crippen molar-refractivity contribution in [3.05, 3.63) is 93.7 Å². The van der Waals surface area contributed by atoms with Crippen LogP contribution in [-0.4, -0.2) is 9.38 Å². The molecule has 4 rings (SSSR count). The largest absolute Gasteiger partial charge is 0.416 e. The van der Waals surface area contributed by atoms with Gasteiger partial charge in [0.15, 0.2) is 0 Å². The molecule has 2 nitrogen and oxygen atoms in total. The molecule has 0 radical (unpaired) electrons. The van der Waals surface area contributed by atoms with Gasteiger partial charge in [-0.15, -0.1) is 0 Å². The molecule has 2 heterocycles. The van der Waals surface area contributed by atoms with Gasteiger partial charge in [-0.2, -0.15) is 13.2 Å². The third-order valence-corrected chi connectivity index (χ3v) is 5.14. The molecule has 0 saturated heterocycles. The maximum Gasteiger partial charge on any atom is 0.416 e. The Morgan fingerprint density at radius 2 is 1.79 bits per heavy atom. The number of hydrogen-bond acceptors (Lipinski definition) is 1. The lowest BCUT2D eigenvalue weighted by atomic mass is 9.99. The van der Waals surface area contributed by atoms with Crippen molar-refractivity contribution in [2.24, 2.45) is 0 Å². The van der Waals surface area contributed by atoms with Crippen molar-refractivity contribution in [2.45, 2.75) is 19.5 Å². The summed E-state index contributed by atoms with van der Waals surface area (Å²) < 4.78 is 43.3. The second-order valence-corrected chi connectivity index (χ2v) is 7.60. The summed E-state index contributed by atoms with van der Waals surface area (Å²) in [6.45, 7) is 1.95. The van der Waals surface area contributed by atoms with E-state index in [2.05, 4.69) is 15.9 Å². The zero-order valence-electron chi connectivity index (χ0n) is 15.0. The molecule has 0 unspecified atom stereocenters. The summed E-state index contributed by atoms with van der Waals surface area (Å²) >= 11 is 3.46. The first-order valence-corrected chi connectivity index (χ1v) is 9.51. The van der Waals surface area contributed by atoms with Crippen molar-refractivity contribution < 1.29 is 13.2 Å². The van der Waals surface area contributed by atoms with E-state index in [1.54, 1.807) is 6.07 Å². The summed E-state index contributed by atoms with van der Waals surface area (Å²) in [5.74, 6) is 0. The fourth-order valence-corrected chi connectivity index (χ4v) is 3.77. The molecule has 0 aliphatic rings. The van der Waals surface area contributed by atoms with Gasteiger partial charge in [-0.25, -0.2) is 4.98 Å². The highest BCUT2D eigenvalue weighted by molar-refractivity contribution is 9.10. The van der Waals surface area contributed by atoms with Gasteiger partial charge < -0.3 is 4.40 Å². The third kappa shape index (κ3) is 3.56. The number of nitrogens with zero attached hydrogens (tertiary/aromatic N) is 2. The molecule has 0 aliphatic carbocycles. The van der Waals surface area contributed by atoms with E-state index in [-0.39, 0.29) is 12.0 Å². The van der Waals surface area contributed by atoms with Gasteiger partial charge in [0.05, 0.1) is 17.0 Å². The lowest BCUT2D eigenvalue weighted by molar-refractivity contribution is -0.138. The van der Waals surface area contributed by atoms with E-state index in [0.717, 1.165) is 27.4 Å². The Morgan fingerprint density at radius 3 is 2.54 bits per heavy atom. The zero-order valence-corrected chi connectivity index (χ0v) is 16.6. The number of halogens is 4. The number of imidazole rings is 1. The van der Waals surface area contributed by atoms with Gasteiger partial charge in [0.2, 0.25) is 0 Å². The predicted octanol–water partition coefficient (Wildman–Crippen LogP) is 6.68. The van der Waals surface area contributed by atoms with Gasteiger partial charge in [0.1, 0.15) is 5.65 Å². The van der Waals surface area contributed by atoms with Crippen LogP contribution in [0.1, 0.15) is 22.4 Å². The van der Waals surface area contributed by atoms with Crippen LogP contribution in [0.5, 0.6) is 0 Å². The van der Waals surface area contributed by atoms with Crippen LogP contribution in [0.15, 0.2) is 71.3 Å². The van der Waals surface area contributed by atoms with Crippen LogP contribution >= 0.6 is 15.9 Å². The molecule has 0 saturated carbocycles. The van der Waals surface area contributed by atoms with Crippen LogP contribution in [0.25, 0.3) is 16.9 Å². The first-order chi connectivity index (χ1) is 13.3. The molecule has 2 aromatic carbocycles. The standard InChI is InChI=1S/C22H16BrF3N2/c1-14-9-10-20-27-21(16-6-4-7-17(23)11-16)19(28(20)13-14)12-15-5-2-3-8-18(15)22(24,25)26/h2-11,13H,12H2,1H3. The second-order valence-electron chi connectivity index (χ2n) is 6.68. The van der Waals surface area contributed by atoms with E-state index in [1.165, 1.54) is 12.1 Å². The van der Waals surface area contributed by atoms with E-state index in [9.17, 15) is 13.2 Å². The Hall–Kier alpha value is -2.60. The van der Waals surface area contributed by atoms with Crippen LogP contribution < -0.4 is 0 Å². The third-order valence-electron chi connectivity index (χ3n) is 4.64. The quantitative estimate of drug-likeness (QED) is 0.344. The normalized spacial score (nSPS) is 11.9. The number of benzene rings is 2. The minimum absolute atomic E-state index is 0.127. The van der Waals surface area contributed by atoms with Crippen LogP contribution in [0.2, 0.25) is 0 Å². The van der Waals surface area contributed by atoms with Crippen LogP contribution in [0, 0.1) is 6.92 Å². The minimum atomic E-state index is -4.40. The summed E-state index contributed by atoms with van der Waals surface area (Å²) in [4.78, 5) is 4.71. The molecule has 4 aromatic rings. The average molecular weight is 445 g/mol. The van der Waals surface area contributed by atoms with Crippen LogP contribution in [0.4, 0.5) is 13.2 Å². The fraction of sp³-hybridized carbons (Fsp3) is 0.136. The van der Waals surface area contributed by atoms with Gasteiger partial charge in [0.25, 0.3) is 0 Å². The fourth-order valence-electron chi connectivity index (χ4n) is 3.37. The highest BCUT2D eigenvalue weighted by Crippen LogP contribution is 2.35. The first kappa shape index (κ1) is 18.7. The van der Waals surface area contributed by atoms with E-state index in [0.29, 0.717) is 11.3 Å². The Kier molecular flexibility index (Phi) is 4.75. The van der Waals surface area contributed by atoms with Gasteiger partial charge in [-0.3, -0.25) is 0 Å². The smallest absolute Gasteiger partial charge is 0.303 e. The van der Waals surface area contributed by atoms with Crippen molar-refractivity contribution in [1.29, 1.82) is 0 Å². The summed E-state index contributed by atoms with van der Waals surface area (Å²) in [5.41, 5.74) is 3.61. The van der Waals surface area contributed by atoms with Crippen molar-refractivity contribution >= 4 is 21.6 Å². The Bertz CT molecular complexity index is 1160. The Morgan fingerprint density at radius 1 is 1.00 bits per heavy atom. The number of aryl methyl sites for hydroxylation is 1. The summed E-state index contributed by atoms with van der Waals surface area (Å²) in [7, 11) is 0. The average Bonchev–Trinajstić information content (AvgIpc) is 2.99. The zero-order chi connectivity index (χ0) is 19.9. The molecule has 0 atom stereocenters. The van der Waals surface area contributed by atoms with Crippen molar-refractivity contribution in [3.8, 4) is 11.3 Å². The van der Waals surface area contributed by atoms with Crippen molar-refractivity contribution in [3.63, 3.8) is 0 Å². The number of aromatic nitrogens is 2. The lowest BCUT2D eigenvalue weighted by Gasteiger charge is -2.13. The van der Waals surface area contributed by atoms with Gasteiger partial charge in [-0.05, 0) is 42.3 Å². The molecule has 0 spiro atoms. The van der Waals surface area contributed by atoms with Crippen molar-refractivity contribution in [2.75, 3.05) is 0 Å². The predicted molar refractivity (Wildman–Crippen MR) is 107 cm³/mol. The summed E-state index contributed by atoms with van der Waals surface area (Å²) in [6.07, 6.45) is -2.36. The highest BCUT2D eigenvalue weighted by atomic mass is 79.9. The Labute approximate surface area is 168 Å². The number of hydrogen-bond donors (Lipinski definition) is 0. The van der Waals surface area contributed by atoms with Gasteiger partial charge in [-0.1, -0.05) is 52.3 Å². The highest BCUT2D eigenvalue weighted by Gasteiger charge is 2.33. The van der Waals surface area contributed by atoms with Crippen molar-refractivity contribution in [1.82, 2.24) is 9.38 Å². The molecule has 0 bridgehead atoms. The monoisotopic (exact) mass is 444 g/mol. The maximum atomic E-state index is 13.5. The lowest BCUT2D eigenvalue weighted by Crippen LogP contribution is -2.10. The second kappa shape index (κ2) is 7.09. The number of alkyl halides is 3. The van der Waals surface area contributed by atoms with Gasteiger partial charge >= 0.3 is 6.18 Å². The number of rotatable bonds is 3. The maximum absolute atomic E-state index is 13.5. The molecular weight excluding hydrogens is 429 g/mol. The van der Waals surface area contributed by atoms with E-state index in [1.807, 2.05) is 53.9 Å². The Balaban J connectivity index is 1.94. The minimum Gasteiger partial charge on any atom is -0.303 e. The molecular formula is C22H16BrF3N2. The van der Waals surface area contributed by atoms with E-state index in [4.69, 9.17) is 4.98 Å². The molecule has 0 amide bonds. The van der Waals surface area contributed by atoms with Crippen LogP contribution in [-0.2, 0) is 12.6 Å². The molecule has 0 N–H and O–H groups in total. The molecule has 0 fully saturated rings. The first-order valence-electron chi connectivity index (χ1n) is 8.71. The van der Waals surface area contributed by atoms with Gasteiger partial charge in [0, 0.05) is 22.7 Å².